The number of nitrogens with two attached hydrogens (primary N) is 2. The molecule has 142 valence electrons. The third-order valence-electron chi connectivity index (χ3n) is 4.16. The van der Waals surface area contributed by atoms with Gasteiger partial charge < -0.3 is 16.8 Å². The van der Waals surface area contributed by atoms with Crippen LogP contribution in [0.15, 0.2) is 72.6 Å². The maximum absolute atomic E-state index is 6.09. The summed E-state index contributed by atoms with van der Waals surface area (Å²) in [5.41, 5.74) is 16.3. The van der Waals surface area contributed by atoms with Gasteiger partial charge in [-0.05, 0) is 59.2 Å². The molecule has 0 spiro atoms. The predicted octanol–water partition coefficient (Wildman–Crippen LogP) is 3.91. The molecule has 0 amide bonds. The summed E-state index contributed by atoms with van der Waals surface area (Å²) in [4.78, 5) is 13.2. The van der Waals surface area contributed by atoms with Gasteiger partial charge in [0.1, 0.15) is 11.6 Å². The molecule has 3 aromatic rings. The quantitative estimate of drug-likeness (QED) is 0.567. The second-order valence-electron chi connectivity index (χ2n) is 6.67. The van der Waals surface area contributed by atoms with Crippen molar-refractivity contribution < 1.29 is 0 Å². The lowest BCUT2D eigenvalue weighted by atomic mass is 10.0. The van der Waals surface area contributed by atoms with E-state index < -0.39 is 0 Å². The van der Waals surface area contributed by atoms with Crippen molar-refractivity contribution >= 4 is 29.0 Å². The molecule has 3 heterocycles. The average molecular weight is 372 g/mol. The lowest BCUT2D eigenvalue weighted by Gasteiger charge is -2.10. The fourth-order valence-corrected chi connectivity index (χ4v) is 2.62. The third kappa shape index (κ3) is 4.94. The number of aromatic nitrogens is 3. The first-order valence-electron chi connectivity index (χ1n) is 9.06. The summed E-state index contributed by atoms with van der Waals surface area (Å²) < 4.78 is 0. The van der Waals surface area contributed by atoms with E-state index in [0.717, 1.165) is 27.7 Å². The summed E-state index contributed by atoms with van der Waals surface area (Å²) in [6.45, 7) is 4.12. The van der Waals surface area contributed by atoms with Gasteiger partial charge in [0.15, 0.2) is 0 Å². The van der Waals surface area contributed by atoms with Crippen LogP contribution in [-0.4, -0.2) is 15.0 Å². The molecule has 6 nitrogen and oxygen atoms in total. The Morgan fingerprint density at radius 2 is 1.89 bits per heavy atom. The van der Waals surface area contributed by atoms with Crippen molar-refractivity contribution in [1.29, 1.82) is 0 Å². The Hall–Kier alpha value is -3.67. The van der Waals surface area contributed by atoms with Crippen LogP contribution >= 0.6 is 0 Å². The standard InChI is InChI=1S/C22H24N6/c1-15(2)18(12-23)11-21(24)28-22-8-7-19-20(27-22)10-17(14-26-19)6-5-16-4-3-9-25-13-16/h3-15H,23-24H2,1-2H3,(H,27,28)/b6-5+,18-12+,21-11+. The Morgan fingerprint density at radius 3 is 2.61 bits per heavy atom. The molecular weight excluding hydrogens is 348 g/mol. The average Bonchev–Trinajstić information content (AvgIpc) is 2.70. The molecule has 0 aliphatic heterocycles. The minimum atomic E-state index is 0.285. The Kier molecular flexibility index (Phi) is 6.01. The Balaban J connectivity index is 1.82. The number of hydrogen-bond acceptors (Lipinski definition) is 6. The van der Waals surface area contributed by atoms with E-state index in [9.17, 15) is 0 Å². The zero-order valence-electron chi connectivity index (χ0n) is 16.0. The molecule has 3 rings (SSSR count). The highest BCUT2D eigenvalue weighted by molar-refractivity contribution is 5.80. The van der Waals surface area contributed by atoms with Gasteiger partial charge in [0, 0.05) is 18.6 Å². The van der Waals surface area contributed by atoms with E-state index in [4.69, 9.17) is 11.5 Å². The largest absolute Gasteiger partial charge is 0.404 e. The van der Waals surface area contributed by atoms with Crippen molar-refractivity contribution in [3.05, 3.63) is 83.7 Å². The summed E-state index contributed by atoms with van der Waals surface area (Å²) in [5, 5.41) is 3.11. The van der Waals surface area contributed by atoms with Gasteiger partial charge in [-0.2, -0.15) is 0 Å². The van der Waals surface area contributed by atoms with E-state index in [1.54, 1.807) is 12.4 Å². The molecular formula is C22H24N6. The van der Waals surface area contributed by atoms with Gasteiger partial charge >= 0.3 is 0 Å². The SMILES string of the molecule is CC(C)C(=C/N)/C=C(\N)Nc1ccc2ncc(/C=C/c3cccnc3)cc2n1. The van der Waals surface area contributed by atoms with Gasteiger partial charge in [0.05, 0.1) is 11.0 Å². The molecule has 0 radical (unpaired) electrons. The highest BCUT2D eigenvalue weighted by Crippen LogP contribution is 2.17. The summed E-state index contributed by atoms with van der Waals surface area (Å²) in [5.74, 6) is 1.42. The minimum Gasteiger partial charge on any atom is -0.404 e. The smallest absolute Gasteiger partial charge is 0.132 e. The van der Waals surface area contributed by atoms with Crippen molar-refractivity contribution in [2.24, 2.45) is 17.4 Å². The van der Waals surface area contributed by atoms with Crippen LogP contribution in [0.3, 0.4) is 0 Å². The van der Waals surface area contributed by atoms with Gasteiger partial charge in [-0.25, -0.2) is 4.98 Å². The Morgan fingerprint density at radius 1 is 1.07 bits per heavy atom. The topological polar surface area (TPSA) is 103 Å². The second kappa shape index (κ2) is 8.81. The maximum atomic E-state index is 6.09. The molecule has 0 aliphatic carbocycles. The molecule has 0 aliphatic rings. The monoisotopic (exact) mass is 372 g/mol. The van der Waals surface area contributed by atoms with E-state index in [-0.39, 0.29) is 5.92 Å². The van der Waals surface area contributed by atoms with Crippen LogP contribution < -0.4 is 16.8 Å². The Labute approximate surface area is 164 Å². The number of rotatable bonds is 6. The minimum absolute atomic E-state index is 0.285. The van der Waals surface area contributed by atoms with Crippen LogP contribution in [0, 0.1) is 5.92 Å². The first-order chi connectivity index (χ1) is 13.5. The van der Waals surface area contributed by atoms with Gasteiger partial charge in [-0.3, -0.25) is 9.97 Å². The number of allylic oxidation sites excluding steroid dienone is 2. The number of pyridine rings is 3. The predicted molar refractivity (Wildman–Crippen MR) is 116 cm³/mol. The van der Waals surface area contributed by atoms with Gasteiger partial charge in [-0.15, -0.1) is 0 Å². The molecule has 0 aromatic carbocycles. The van der Waals surface area contributed by atoms with Crippen LogP contribution in [0.5, 0.6) is 0 Å². The molecule has 0 unspecified atom stereocenters. The molecule has 5 N–H and O–H groups in total. The second-order valence-corrected chi connectivity index (χ2v) is 6.67. The number of nitrogens with one attached hydrogen (secondary N) is 1. The molecule has 3 aromatic heterocycles. The van der Waals surface area contributed by atoms with E-state index in [0.29, 0.717) is 11.6 Å². The van der Waals surface area contributed by atoms with Crippen LogP contribution in [0.25, 0.3) is 23.2 Å². The lowest BCUT2D eigenvalue weighted by Crippen LogP contribution is -2.11. The number of fused-ring (bicyclic) bond motifs is 1. The van der Waals surface area contributed by atoms with Crippen molar-refractivity contribution in [2.75, 3.05) is 5.32 Å². The lowest BCUT2D eigenvalue weighted by molar-refractivity contribution is 0.786. The van der Waals surface area contributed by atoms with Gasteiger partial charge in [0.2, 0.25) is 0 Å². The number of anilines is 1. The van der Waals surface area contributed by atoms with Crippen LogP contribution in [-0.2, 0) is 0 Å². The van der Waals surface area contributed by atoms with Crippen LogP contribution in [0.4, 0.5) is 5.82 Å². The molecule has 28 heavy (non-hydrogen) atoms. The highest BCUT2D eigenvalue weighted by Gasteiger charge is 2.04. The van der Waals surface area contributed by atoms with Gasteiger partial charge in [-0.1, -0.05) is 32.1 Å². The summed E-state index contributed by atoms with van der Waals surface area (Å²) >= 11 is 0. The van der Waals surface area contributed by atoms with Crippen LogP contribution in [0.2, 0.25) is 0 Å². The first kappa shape index (κ1) is 19.1. The number of nitrogens with zero attached hydrogens (tertiary/aromatic N) is 3. The van der Waals surface area contributed by atoms with Crippen molar-refractivity contribution in [3.8, 4) is 0 Å². The molecule has 0 atom stereocenters. The Bertz CT molecular complexity index is 1040. The van der Waals surface area contributed by atoms with E-state index in [2.05, 4.69) is 34.1 Å². The molecule has 0 saturated heterocycles. The van der Waals surface area contributed by atoms with Crippen molar-refractivity contribution in [1.82, 2.24) is 15.0 Å². The molecule has 0 fully saturated rings. The van der Waals surface area contributed by atoms with Crippen molar-refractivity contribution in [2.45, 2.75) is 13.8 Å². The van der Waals surface area contributed by atoms with Gasteiger partial charge in [0.25, 0.3) is 0 Å². The van der Waals surface area contributed by atoms with E-state index in [1.807, 2.05) is 61.0 Å². The zero-order valence-corrected chi connectivity index (χ0v) is 16.0. The normalized spacial score (nSPS) is 12.8. The third-order valence-corrected chi connectivity index (χ3v) is 4.16. The molecule has 6 heteroatoms. The molecule has 0 bridgehead atoms. The first-order valence-corrected chi connectivity index (χ1v) is 9.06. The highest BCUT2D eigenvalue weighted by atomic mass is 15.1. The maximum Gasteiger partial charge on any atom is 0.132 e. The fraction of sp³-hybridized carbons (Fsp3) is 0.136. The summed E-state index contributed by atoms with van der Waals surface area (Å²) in [7, 11) is 0. The van der Waals surface area contributed by atoms with Crippen LogP contribution in [0.1, 0.15) is 25.0 Å². The summed E-state index contributed by atoms with van der Waals surface area (Å²) in [6, 6.07) is 9.64. The zero-order chi connectivity index (χ0) is 19.9. The van der Waals surface area contributed by atoms with E-state index in [1.165, 1.54) is 0 Å². The van der Waals surface area contributed by atoms with E-state index >= 15 is 0 Å². The fourth-order valence-electron chi connectivity index (χ4n) is 2.62. The summed E-state index contributed by atoms with van der Waals surface area (Å²) in [6.07, 6.45) is 12.7. The number of hydrogen-bond donors (Lipinski definition) is 3. The molecule has 0 saturated carbocycles. The van der Waals surface area contributed by atoms with Crippen molar-refractivity contribution in [3.63, 3.8) is 0 Å².